The highest BCUT2D eigenvalue weighted by Crippen LogP contribution is 2.31. The molecule has 0 aliphatic heterocycles. The van der Waals surface area contributed by atoms with Crippen molar-refractivity contribution in [1.82, 2.24) is 0 Å². The third-order valence-electron chi connectivity index (χ3n) is 3.27. The molecule has 0 spiro atoms. The topological polar surface area (TPSA) is 73.1 Å². The fraction of sp³-hybridized carbons (Fsp3) is 0.385. The zero-order valence-electron chi connectivity index (χ0n) is 9.69. The molecule has 2 unspecified atom stereocenters. The zero-order chi connectivity index (χ0) is 13.1. The highest BCUT2D eigenvalue weighted by molar-refractivity contribution is 9.10. The molecule has 1 saturated carbocycles. The number of anilines is 1. The van der Waals surface area contributed by atoms with Crippen molar-refractivity contribution in [2.24, 2.45) is 5.92 Å². The van der Waals surface area contributed by atoms with E-state index >= 15 is 0 Å². The largest absolute Gasteiger partial charge is 0.481 e. The van der Waals surface area contributed by atoms with Crippen LogP contribution in [-0.2, 0) is 4.79 Å². The van der Waals surface area contributed by atoms with Gasteiger partial charge in [0.2, 0.25) is 0 Å². The van der Waals surface area contributed by atoms with E-state index in [1.165, 1.54) is 0 Å². The average molecular weight is 309 g/mol. The molecule has 0 aromatic heterocycles. The van der Waals surface area contributed by atoms with E-state index in [1.807, 2.05) is 0 Å². The van der Waals surface area contributed by atoms with E-state index in [9.17, 15) is 4.79 Å². The SMILES string of the molecule is N#Cc1ccc(NC2CCCC2C(=O)O)c(Br)c1. The lowest BCUT2D eigenvalue weighted by Gasteiger charge is -2.19. The van der Waals surface area contributed by atoms with Gasteiger partial charge in [-0.3, -0.25) is 4.79 Å². The third kappa shape index (κ3) is 2.65. The normalized spacial score (nSPS) is 22.4. The van der Waals surface area contributed by atoms with Crippen LogP contribution >= 0.6 is 15.9 Å². The maximum Gasteiger partial charge on any atom is 0.308 e. The Morgan fingerprint density at radius 3 is 2.89 bits per heavy atom. The summed E-state index contributed by atoms with van der Waals surface area (Å²) in [6, 6.07) is 7.28. The molecule has 94 valence electrons. The third-order valence-corrected chi connectivity index (χ3v) is 3.93. The van der Waals surface area contributed by atoms with Crippen molar-refractivity contribution >= 4 is 27.6 Å². The molecule has 0 amide bonds. The smallest absolute Gasteiger partial charge is 0.308 e. The quantitative estimate of drug-likeness (QED) is 0.900. The molecule has 0 heterocycles. The van der Waals surface area contributed by atoms with Crippen molar-refractivity contribution in [3.05, 3.63) is 28.2 Å². The van der Waals surface area contributed by atoms with E-state index in [4.69, 9.17) is 10.4 Å². The lowest BCUT2D eigenvalue weighted by Crippen LogP contribution is -2.29. The number of nitrogens with zero attached hydrogens (tertiary/aromatic N) is 1. The van der Waals surface area contributed by atoms with E-state index in [0.29, 0.717) is 5.56 Å². The van der Waals surface area contributed by atoms with E-state index in [-0.39, 0.29) is 12.0 Å². The summed E-state index contributed by atoms with van der Waals surface area (Å²) in [4.78, 5) is 11.1. The van der Waals surface area contributed by atoms with Gasteiger partial charge in [-0.25, -0.2) is 0 Å². The first kappa shape index (κ1) is 12.9. The predicted molar refractivity (Wildman–Crippen MR) is 71.2 cm³/mol. The second kappa shape index (κ2) is 5.40. The molecule has 2 N–H and O–H groups in total. The van der Waals surface area contributed by atoms with Crippen molar-refractivity contribution < 1.29 is 9.90 Å². The van der Waals surface area contributed by atoms with Crippen LogP contribution in [0.2, 0.25) is 0 Å². The summed E-state index contributed by atoms with van der Waals surface area (Å²) in [7, 11) is 0. The number of carboxylic acid groups (broad SMARTS) is 1. The number of aliphatic carboxylic acids is 1. The van der Waals surface area contributed by atoms with Crippen LogP contribution in [0.4, 0.5) is 5.69 Å². The van der Waals surface area contributed by atoms with Crippen molar-refractivity contribution in [3.63, 3.8) is 0 Å². The lowest BCUT2D eigenvalue weighted by atomic mass is 10.0. The van der Waals surface area contributed by atoms with Crippen LogP contribution in [0.15, 0.2) is 22.7 Å². The number of halogens is 1. The minimum absolute atomic E-state index is 0.0354. The summed E-state index contributed by atoms with van der Waals surface area (Å²) in [6.45, 7) is 0. The first-order valence-electron chi connectivity index (χ1n) is 5.81. The second-order valence-electron chi connectivity index (χ2n) is 4.43. The molecular formula is C13H13BrN2O2. The average Bonchev–Trinajstić information content (AvgIpc) is 2.80. The van der Waals surface area contributed by atoms with Crippen LogP contribution < -0.4 is 5.32 Å². The zero-order valence-corrected chi connectivity index (χ0v) is 11.3. The molecule has 1 fully saturated rings. The van der Waals surface area contributed by atoms with Crippen LogP contribution in [-0.4, -0.2) is 17.1 Å². The van der Waals surface area contributed by atoms with Gasteiger partial charge in [-0.05, 0) is 47.0 Å². The summed E-state index contributed by atoms with van der Waals surface area (Å²) < 4.78 is 0.789. The van der Waals surface area contributed by atoms with Gasteiger partial charge in [0.1, 0.15) is 0 Å². The summed E-state index contributed by atoms with van der Waals surface area (Å²) in [5.41, 5.74) is 1.42. The lowest BCUT2D eigenvalue weighted by molar-refractivity contribution is -0.141. The molecule has 18 heavy (non-hydrogen) atoms. The molecule has 0 radical (unpaired) electrons. The standard InChI is InChI=1S/C13H13BrN2O2/c14-10-6-8(7-15)4-5-12(10)16-11-3-1-2-9(11)13(17)18/h4-6,9,11,16H,1-3H2,(H,17,18). The Kier molecular flexibility index (Phi) is 3.87. The minimum atomic E-state index is -0.741. The van der Waals surface area contributed by atoms with Gasteiger partial charge >= 0.3 is 5.97 Å². The van der Waals surface area contributed by atoms with Crippen molar-refractivity contribution in [2.75, 3.05) is 5.32 Å². The van der Waals surface area contributed by atoms with E-state index in [2.05, 4.69) is 27.3 Å². The van der Waals surface area contributed by atoms with E-state index in [0.717, 1.165) is 29.4 Å². The van der Waals surface area contributed by atoms with Gasteiger partial charge in [0.25, 0.3) is 0 Å². The fourth-order valence-corrected chi connectivity index (χ4v) is 2.82. The van der Waals surface area contributed by atoms with Crippen molar-refractivity contribution in [2.45, 2.75) is 25.3 Å². The highest BCUT2D eigenvalue weighted by Gasteiger charge is 2.32. The number of hydrogen-bond donors (Lipinski definition) is 2. The number of nitriles is 1. The maximum atomic E-state index is 11.1. The molecule has 4 nitrogen and oxygen atoms in total. The number of carbonyl (C=O) groups is 1. The fourth-order valence-electron chi connectivity index (χ4n) is 2.33. The Morgan fingerprint density at radius 1 is 1.50 bits per heavy atom. The summed E-state index contributed by atoms with van der Waals surface area (Å²) >= 11 is 3.39. The Hall–Kier alpha value is -1.54. The van der Waals surface area contributed by atoms with Gasteiger partial charge in [0.05, 0.1) is 17.6 Å². The minimum Gasteiger partial charge on any atom is -0.481 e. The monoisotopic (exact) mass is 308 g/mol. The molecular weight excluding hydrogens is 296 g/mol. The number of benzene rings is 1. The molecule has 1 aliphatic rings. The molecule has 5 heteroatoms. The Balaban J connectivity index is 2.14. The Labute approximate surface area is 114 Å². The van der Waals surface area contributed by atoms with Crippen LogP contribution in [0.25, 0.3) is 0 Å². The van der Waals surface area contributed by atoms with Gasteiger partial charge in [-0.15, -0.1) is 0 Å². The molecule has 1 aliphatic carbocycles. The second-order valence-corrected chi connectivity index (χ2v) is 5.29. The summed E-state index contributed by atoms with van der Waals surface area (Å²) in [6.07, 6.45) is 2.52. The van der Waals surface area contributed by atoms with Crippen LogP contribution in [0.5, 0.6) is 0 Å². The number of carboxylic acids is 1. The van der Waals surface area contributed by atoms with E-state index in [1.54, 1.807) is 18.2 Å². The molecule has 0 saturated heterocycles. The highest BCUT2D eigenvalue weighted by atomic mass is 79.9. The number of rotatable bonds is 3. The van der Waals surface area contributed by atoms with Gasteiger partial charge in [0.15, 0.2) is 0 Å². The van der Waals surface area contributed by atoms with E-state index < -0.39 is 5.97 Å². The molecule has 2 rings (SSSR count). The summed E-state index contributed by atoms with van der Waals surface area (Å²) in [5, 5.41) is 21.2. The van der Waals surface area contributed by atoms with Crippen LogP contribution in [0, 0.1) is 17.2 Å². The van der Waals surface area contributed by atoms with Gasteiger partial charge < -0.3 is 10.4 Å². The first-order chi connectivity index (χ1) is 8.61. The first-order valence-corrected chi connectivity index (χ1v) is 6.60. The predicted octanol–water partition coefficient (Wildman–Crippen LogP) is 2.99. The molecule has 0 bridgehead atoms. The summed E-state index contributed by atoms with van der Waals surface area (Å²) in [5.74, 6) is -1.07. The van der Waals surface area contributed by atoms with Crippen molar-refractivity contribution in [3.8, 4) is 6.07 Å². The van der Waals surface area contributed by atoms with Crippen molar-refractivity contribution in [1.29, 1.82) is 5.26 Å². The Bertz CT molecular complexity index is 510. The molecule has 1 aromatic rings. The van der Waals surface area contributed by atoms with Crippen LogP contribution in [0.3, 0.4) is 0 Å². The number of nitrogens with one attached hydrogen (secondary N) is 1. The maximum absolute atomic E-state index is 11.1. The van der Waals surface area contributed by atoms with Crippen LogP contribution in [0.1, 0.15) is 24.8 Å². The molecule has 2 atom stereocenters. The Morgan fingerprint density at radius 2 is 2.28 bits per heavy atom. The van der Waals surface area contributed by atoms with Gasteiger partial charge in [-0.2, -0.15) is 5.26 Å². The van der Waals surface area contributed by atoms with Gasteiger partial charge in [0, 0.05) is 16.2 Å². The number of hydrogen-bond acceptors (Lipinski definition) is 3. The molecule has 1 aromatic carbocycles. The van der Waals surface area contributed by atoms with Gasteiger partial charge in [-0.1, -0.05) is 6.42 Å².